The molecule has 0 bridgehead atoms. The van der Waals surface area contributed by atoms with E-state index < -0.39 is 0 Å². The molecule has 2 unspecified atom stereocenters. The van der Waals surface area contributed by atoms with E-state index in [0.29, 0.717) is 18.1 Å². The van der Waals surface area contributed by atoms with Gasteiger partial charge in [-0.1, -0.05) is 0 Å². The molecule has 2 atom stereocenters. The Kier molecular flexibility index (Phi) is 5.51. The van der Waals surface area contributed by atoms with Crippen molar-refractivity contribution in [1.82, 2.24) is 15.5 Å². The third-order valence-corrected chi connectivity index (χ3v) is 2.35. The zero-order valence-electron chi connectivity index (χ0n) is 11.1. The molecule has 1 aromatic heterocycles. The van der Waals surface area contributed by atoms with Crippen molar-refractivity contribution in [2.75, 3.05) is 11.9 Å². The summed E-state index contributed by atoms with van der Waals surface area (Å²) in [4.78, 5) is 11.5. The summed E-state index contributed by atoms with van der Waals surface area (Å²) in [6.45, 7) is 6.42. The fourth-order valence-corrected chi connectivity index (χ4v) is 1.65. The van der Waals surface area contributed by atoms with E-state index in [9.17, 15) is 4.79 Å². The first-order chi connectivity index (χ1) is 8.52. The molecule has 1 aromatic rings. The predicted octanol–water partition coefficient (Wildman–Crippen LogP) is 0.764. The Balaban J connectivity index is 2.57. The van der Waals surface area contributed by atoms with Gasteiger partial charge in [-0.2, -0.15) is 0 Å². The van der Waals surface area contributed by atoms with Gasteiger partial charge in [0.2, 0.25) is 0 Å². The normalized spacial score (nSPS) is 13.8. The number of carbonyl (C=O) groups is 1. The minimum atomic E-state index is -0.208. The molecule has 100 valence electrons. The Morgan fingerprint density at radius 1 is 1.39 bits per heavy atom. The van der Waals surface area contributed by atoms with Crippen molar-refractivity contribution in [2.24, 2.45) is 5.73 Å². The molecular formula is C12H21N5O. The number of carbonyl (C=O) groups excluding carboxylic acids is 1. The van der Waals surface area contributed by atoms with Crippen LogP contribution in [0.5, 0.6) is 0 Å². The second-order valence-corrected chi connectivity index (χ2v) is 4.42. The maximum atomic E-state index is 11.5. The monoisotopic (exact) mass is 251 g/mol. The fraction of sp³-hybridized carbons (Fsp3) is 0.583. The molecule has 6 heteroatoms. The van der Waals surface area contributed by atoms with Crippen LogP contribution in [-0.4, -0.2) is 34.7 Å². The molecular weight excluding hydrogens is 230 g/mol. The number of aromatic nitrogens is 2. The molecule has 0 saturated heterocycles. The van der Waals surface area contributed by atoms with Gasteiger partial charge in [0.05, 0.1) is 0 Å². The van der Waals surface area contributed by atoms with Gasteiger partial charge < -0.3 is 16.4 Å². The van der Waals surface area contributed by atoms with Crippen LogP contribution in [0.4, 0.5) is 5.82 Å². The number of nitrogens with two attached hydrogens (primary N) is 1. The molecule has 0 aliphatic heterocycles. The summed E-state index contributed by atoms with van der Waals surface area (Å²) < 4.78 is 0. The van der Waals surface area contributed by atoms with Crippen LogP contribution in [0.15, 0.2) is 12.1 Å². The number of nitrogens with zero attached hydrogens (tertiary/aromatic N) is 2. The van der Waals surface area contributed by atoms with Crippen molar-refractivity contribution in [3.05, 3.63) is 17.8 Å². The highest BCUT2D eigenvalue weighted by Crippen LogP contribution is 2.06. The summed E-state index contributed by atoms with van der Waals surface area (Å²) >= 11 is 0. The molecule has 6 nitrogen and oxygen atoms in total. The van der Waals surface area contributed by atoms with E-state index in [1.54, 1.807) is 12.1 Å². The number of hydrogen-bond acceptors (Lipinski definition) is 5. The van der Waals surface area contributed by atoms with Crippen molar-refractivity contribution >= 4 is 11.7 Å². The predicted molar refractivity (Wildman–Crippen MR) is 71.4 cm³/mol. The van der Waals surface area contributed by atoms with Crippen LogP contribution in [0.25, 0.3) is 0 Å². The number of anilines is 1. The van der Waals surface area contributed by atoms with Crippen LogP contribution >= 0.6 is 0 Å². The van der Waals surface area contributed by atoms with Gasteiger partial charge in [-0.15, -0.1) is 10.2 Å². The molecule has 0 aromatic carbocycles. The maximum Gasteiger partial charge on any atom is 0.271 e. The molecule has 0 aliphatic carbocycles. The zero-order valence-corrected chi connectivity index (χ0v) is 11.1. The Hall–Kier alpha value is -1.69. The minimum Gasteiger partial charge on any atom is -0.366 e. The van der Waals surface area contributed by atoms with E-state index in [4.69, 9.17) is 5.73 Å². The third kappa shape index (κ3) is 4.67. The van der Waals surface area contributed by atoms with Gasteiger partial charge in [-0.3, -0.25) is 4.79 Å². The number of amides is 1. The van der Waals surface area contributed by atoms with Crippen molar-refractivity contribution in [1.29, 1.82) is 0 Å². The highest BCUT2D eigenvalue weighted by molar-refractivity contribution is 5.92. The molecule has 0 aliphatic rings. The smallest absolute Gasteiger partial charge is 0.271 e. The molecule has 4 N–H and O–H groups in total. The van der Waals surface area contributed by atoms with Crippen molar-refractivity contribution in [3.8, 4) is 0 Å². The lowest BCUT2D eigenvalue weighted by atomic mass is 10.1. The van der Waals surface area contributed by atoms with Crippen molar-refractivity contribution in [2.45, 2.75) is 39.3 Å². The van der Waals surface area contributed by atoms with Crippen LogP contribution in [0.3, 0.4) is 0 Å². The van der Waals surface area contributed by atoms with Crippen molar-refractivity contribution in [3.63, 3.8) is 0 Å². The van der Waals surface area contributed by atoms with E-state index in [2.05, 4.69) is 20.8 Å². The van der Waals surface area contributed by atoms with E-state index in [0.717, 1.165) is 6.42 Å². The van der Waals surface area contributed by atoms with Crippen LogP contribution in [0, 0.1) is 0 Å². The highest BCUT2D eigenvalue weighted by Gasteiger charge is 2.09. The Morgan fingerprint density at radius 3 is 2.61 bits per heavy atom. The summed E-state index contributed by atoms with van der Waals surface area (Å²) in [7, 11) is 0. The van der Waals surface area contributed by atoms with Crippen LogP contribution in [0.2, 0.25) is 0 Å². The second-order valence-electron chi connectivity index (χ2n) is 4.42. The average Bonchev–Trinajstić information content (AvgIpc) is 2.29. The van der Waals surface area contributed by atoms with E-state index in [1.807, 2.05) is 20.8 Å². The fourth-order valence-electron chi connectivity index (χ4n) is 1.65. The lowest BCUT2D eigenvalue weighted by molar-refractivity contribution is 0.0950. The van der Waals surface area contributed by atoms with Gasteiger partial charge in [0.1, 0.15) is 5.82 Å². The SMILES string of the molecule is CCNC(=O)c1ccc(NC(C)CC(C)N)nn1. The van der Waals surface area contributed by atoms with E-state index >= 15 is 0 Å². The van der Waals surface area contributed by atoms with Gasteiger partial charge in [0.15, 0.2) is 5.69 Å². The molecule has 0 radical (unpaired) electrons. The quantitative estimate of drug-likeness (QED) is 0.694. The Bertz CT molecular complexity index is 377. The van der Waals surface area contributed by atoms with Crippen LogP contribution in [0.1, 0.15) is 37.7 Å². The average molecular weight is 251 g/mol. The molecule has 1 amide bonds. The van der Waals surface area contributed by atoms with Gasteiger partial charge in [0.25, 0.3) is 5.91 Å². The highest BCUT2D eigenvalue weighted by atomic mass is 16.1. The molecule has 0 spiro atoms. The molecule has 0 saturated carbocycles. The van der Waals surface area contributed by atoms with Crippen LogP contribution < -0.4 is 16.4 Å². The van der Waals surface area contributed by atoms with Gasteiger partial charge in [-0.25, -0.2) is 0 Å². The van der Waals surface area contributed by atoms with Gasteiger partial charge >= 0.3 is 0 Å². The first-order valence-corrected chi connectivity index (χ1v) is 6.17. The largest absolute Gasteiger partial charge is 0.366 e. The summed E-state index contributed by atoms with van der Waals surface area (Å²) in [5.41, 5.74) is 6.04. The topological polar surface area (TPSA) is 92.9 Å². The molecule has 18 heavy (non-hydrogen) atoms. The standard InChI is InChI=1S/C12H21N5O/c1-4-14-12(18)10-5-6-11(17-16-10)15-9(3)7-8(2)13/h5-6,8-9H,4,7,13H2,1-3H3,(H,14,18)(H,15,17). The first-order valence-electron chi connectivity index (χ1n) is 6.17. The second kappa shape index (κ2) is 6.90. The van der Waals surface area contributed by atoms with E-state index in [-0.39, 0.29) is 18.0 Å². The number of nitrogens with one attached hydrogen (secondary N) is 2. The molecule has 0 fully saturated rings. The summed E-state index contributed by atoms with van der Waals surface area (Å²) in [6.07, 6.45) is 0.847. The minimum absolute atomic E-state index is 0.134. The van der Waals surface area contributed by atoms with Crippen LogP contribution in [-0.2, 0) is 0 Å². The Labute approximate surface area is 107 Å². The van der Waals surface area contributed by atoms with Crippen molar-refractivity contribution < 1.29 is 4.79 Å². The summed E-state index contributed by atoms with van der Waals surface area (Å²) in [5.74, 6) is 0.441. The third-order valence-electron chi connectivity index (χ3n) is 2.35. The number of rotatable bonds is 6. The summed E-state index contributed by atoms with van der Waals surface area (Å²) in [5, 5.41) is 13.7. The maximum absolute atomic E-state index is 11.5. The summed E-state index contributed by atoms with van der Waals surface area (Å²) in [6, 6.07) is 3.75. The lowest BCUT2D eigenvalue weighted by Crippen LogP contribution is -2.27. The van der Waals surface area contributed by atoms with E-state index in [1.165, 1.54) is 0 Å². The zero-order chi connectivity index (χ0) is 13.5. The molecule has 1 rings (SSSR count). The van der Waals surface area contributed by atoms with Gasteiger partial charge in [-0.05, 0) is 39.3 Å². The first kappa shape index (κ1) is 14.4. The Morgan fingerprint density at radius 2 is 2.11 bits per heavy atom. The van der Waals surface area contributed by atoms with Gasteiger partial charge in [0, 0.05) is 18.6 Å². The number of hydrogen-bond donors (Lipinski definition) is 3. The lowest BCUT2D eigenvalue weighted by Gasteiger charge is -2.15. The molecule has 1 heterocycles.